The first-order valence-electron chi connectivity index (χ1n) is 9.32. The molecule has 152 valence electrons. The number of benzene rings is 1. The van der Waals surface area contributed by atoms with Crippen LogP contribution in [0.4, 0.5) is 0 Å². The zero-order valence-corrected chi connectivity index (χ0v) is 17.6. The van der Waals surface area contributed by atoms with Gasteiger partial charge in [-0.15, -0.1) is 0 Å². The normalized spacial score (nSPS) is 18.7. The zero-order chi connectivity index (χ0) is 19.9. The third-order valence-corrected chi connectivity index (χ3v) is 6.17. The number of nitrogens with one attached hydrogen (secondary N) is 2. The maximum Gasteiger partial charge on any atom is 0.191 e. The van der Waals surface area contributed by atoms with Crippen LogP contribution in [0.3, 0.4) is 0 Å². The van der Waals surface area contributed by atoms with Gasteiger partial charge in [-0.2, -0.15) is 0 Å². The fourth-order valence-electron chi connectivity index (χ4n) is 3.49. The molecule has 1 atom stereocenters. The van der Waals surface area contributed by atoms with Crippen LogP contribution in [-0.2, 0) is 21.1 Å². The minimum atomic E-state index is -3.19. The van der Waals surface area contributed by atoms with Crippen molar-refractivity contribution in [3.63, 3.8) is 0 Å². The molecule has 1 fully saturated rings. The van der Waals surface area contributed by atoms with Crippen molar-refractivity contribution in [3.05, 3.63) is 29.3 Å². The molecule has 0 spiro atoms. The lowest BCUT2D eigenvalue weighted by atomic mass is 10.1. The second kappa shape index (κ2) is 10.1. The summed E-state index contributed by atoms with van der Waals surface area (Å²) in [5.74, 6) is 0.749. The lowest BCUT2D eigenvalue weighted by Crippen LogP contribution is -2.45. The van der Waals surface area contributed by atoms with Gasteiger partial charge in [-0.05, 0) is 43.5 Å². The molecule has 0 bridgehead atoms. The van der Waals surface area contributed by atoms with E-state index in [1.807, 2.05) is 19.1 Å². The quantitative estimate of drug-likeness (QED) is 0.507. The van der Waals surface area contributed by atoms with E-state index in [4.69, 9.17) is 4.74 Å². The summed E-state index contributed by atoms with van der Waals surface area (Å²) in [4.78, 5) is 7.12. The number of aliphatic imine (C=N–C) groups is 1. The van der Waals surface area contributed by atoms with Crippen LogP contribution >= 0.6 is 0 Å². The van der Waals surface area contributed by atoms with Gasteiger partial charge in [-0.1, -0.05) is 12.1 Å². The van der Waals surface area contributed by atoms with Gasteiger partial charge in [-0.3, -0.25) is 9.89 Å². The van der Waals surface area contributed by atoms with Gasteiger partial charge in [0, 0.05) is 46.1 Å². The lowest BCUT2D eigenvalue weighted by molar-refractivity contribution is 0.141. The average Bonchev–Trinajstić information content (AvgIpc) is 3.06. The van der Waals surface area contributed by atoms with Crippen molar-refractivity contribution in [2.24, 2.45) is 4.99 Å². The van der Waals surface area contributed by atoms with Crippen LogP contribution in [0, 0.1) is 6.92 Å². The van der Waals surface area contributed by atoms with Gasteiger partial charge in [0.1, 0.15) is 0 Å². The number of aryl methyl sites for hydroxylation is 1. The van der Waals surface area contributed by atoms with E-state index < -0.39 is 9.84 Å². The minimum absolute atomic E-state index is 0.381. The minimum Gasteiger partial charge on any atom is -0.383 e. The van der Waals surface area contributed by atoms with E-state index in [-0.39, 0.29) is 0 Å². The Morgan fingerprint density at radius 2 is 2.15 bits per heavy atom. The molecular weight excluding hydrogens is 364 g/mol. The molecule has 1 heterocycles. The molecule has 1 saturated heterocycles. The van der Waals surface area contributed by atoms with Gasteiger partial charge in [0.25, 0.3) is 0 Å². The fraction of sp³-hybridized carbons (Fsp3) is 0.632. The lowest BCUT2D eigenvalue weighted by Gasteiger charge is -2.25. The predicted molar refractivity (Wildman–Crippen MR) is 109 cm³/mol. The molecule has 0 aliphatic carbocycles. The highest BCUT2D eigenvalue weighted by Crippen LogP contribution is 2.17. The van der Waals surface area contributed by atoms with E-state index in [0.29, 0.717) is 17.5 Å². The van der Waals surface area contributed by atoms with Gasteiger partial charge in [0.05, 0.1) is 11.5 Å². The van der Waals surface area contributed by atoms with E-state index in [1.54, 1.807) is 20.2 Å². The van der Waals surface area contributed by atoms with Crippen LogP contribution in [0.15, 0.2) is 28.1 Å². The Kier molecular flexibility index (Phi) is 8.07. The Balaban J connectivity index is 1.86. The molecule has 1 aromatic rings. The smallest absolute Gasteiger partial charge is 0.191 e. The Morgan fingerprint density at radius 1 is 1.37 bits per heavy atom. The van der Waals surface area contributed by atoms with E-state index >= 15 is 0 Å². The summed E-state index contributed by atoms with van der Waals surface area (Å²) >= 11 is 0. The van der Waals surface area contributed by atoms with Gasteiger partial charge < -0.3 is 15.4 Å². The summed E-state index contributed by atoms with van der Waals surface area (Å²) in [6.07, 6.45) is 3.63. The number of hydrogen-bond donors (Lipinski definition) is 2. The third kappa shape index (κ3) is 6.48. The first-order chi connectivity index (χ1) is 12.8. The van der Waals surface area contributed by atoms with Crippen molar-refractivity contribution < 1.29 is 13.2 Å². The zero-order valence-electron chi connectivity index (χ0n) is 16.8. The molecular formula is C19H32N4O3S. The molecule has 0 saturated carbocycles. The van der Waals surface area contributed by atoms with Crippen molar-refractivity contribution >= 4 is 15.8 Å². The maximum atomic E-state index is 11.7. The van der Waals surface area contributed by atoms with E-state index in [1.165, 1.54) is 19.1 Å². The Bertz CT molecular complexity index is 749. The van der Waals surface area contributed by atoms with Crippen LogP contribution in [0.1, 0.15) is 24.0 Å². The first kappa shape index (κ1) is 21.7. The highest BCUT2D eigenvalue weighted by molar-refractivity contribution is 7.90. The predicted octanol–water partition coefficient (Wildman–Crippen LogP) is 1.17. The molecule has 8 heteroatoms. The van der Waals surface area contributed by atoms with Crippen LogP contribution in [0.5, 0.6) is 0 Å². The second-order valence-electron chi connectivity index (χ2n) is 7.00. The molecule has 0 aromatic heterocycles. The summed E-state index contributed by atoms with van der Waals surface area (Å²) in [7, 11) is 0.304. The number of likely N-dealkylation sites (tertiary alicyclic amines) is 1. The molecule has 1 unspecified atom stereocenters. The average molecular weight is 397 g/mol. The number of hydrogen-bond acceptors (Lipinski definition) is 5. The van der Waals surface area contributed by atoms with Gasteiger partial charge >= 0.3 is 0 Å². The topological polar surface area (TPSA) is 83.0 Å². The Labute approximate surface area is 163 Å². The molecule has 0 amide bonds. The highest BCUT2D eigenvalue weighted by Gasteiger charge is 2.23. The molecule has 27 heavy (non-hydrogen) atoms. The summed E-state index contributed by atoms with van der Waals surface area (Å²) in [6.45, 7) is 6.08. The summed E-state index contributed by atoms with van der Waals surface area (Å²) in [6, 6.07) is 5.91. The number of ether oxygens (including phenoxy) is 1. The number of rotatable bonds is 8. The van der Waals surface area contributed by atoms with Crippen LogP contribution in [-0.4, -0.2) is 72.0 Å². The summed E-state index contributed by atoms with van der Waals surface area (Å²) < 4.78 is 28.6. The van der Waals surface area contributed by atoms with Crippen LogP contribution in [0.25, 0.3) is 0 Å². The van der Waals surface area contributed by atoms with Crippen molar-refractivity contribution in [2.45, 2.75) is 37.2 Å². The van der Waals surface area contributed by atoms with E-state index in [0.717, 1.165) is 43.3 Å². The molecule has 2 N–H and O–H groups in total. The highest BCUT2D eigenvalue weighted by atomic mass is 32.2. The van der Waals surface area contributed by atoms with Crippen LogP contribution < -0.4 is 10.6 Å². The molecule has 7 nitrogen and oxygen atoms in total. The monoisotopic (exact) mass is 396 g/mol. The summed E-state index contributed by atoms with van der Waals surface area (Å²) in [5.41, 5.74) is 1.78. The first-order valence-corrected chi connectivity index (χ1v) is 11.2. The third-order valence-electron chi connectivity index (χ3n) is 4.91. The molecule has 0 radical (unpaired) electrons. The van der Waals surface area contributed by atoms with Crippen molar-refractivity contribution in [1.29, 1.82) is 0 Å². The standard InChI is InChI=1S/C19H32N4O3S/c1-15-12-16(7-8-18(15)27(4,24)25)13-21-19(20-2)22-14-17-6-5-9-23(17)10-11-26-3/h7-8,12,17H,5-6,9-11,13-14H2,1-4H3,(H2,20,21,22). The molecule has 1 aliphatic rings. The van der Waals surface area contributed by atoms with Crippen molar-refractivity contribution in [1.82, 2.24) is 15.5 Å². The number of sulfone groups is 1. The fourth-order valence-corrected chi connectivity index (χ4v) is 4.45. The van der Waals surface area contributed by atoms with E-state index in [2.05, 4.69) is 20.5 Å². The Hall–Kier alpha value is -1.64. The number of guanidine groups is 1. The largest absolute Gasteiger partial charge is 0.383 e. The van der Waals surface area contributed by atoms with Crippen molar-refractivity contribution in [2.75, 3.05) is 46.7 Å². The van der Waals surface area contributed by atoms with Gasteiger partial charge in [0.2, 0.25) is 0 Å². The maximum absolute atomic E-state index is 11.7. The number of methoxy groups -OCH3 is 1. The van der Waals surface area contributed by atoms with Crippen molar-refractivity contribution in [3.8, 4) is 0 Å². The second-order valence-corrected chi connectivity index (χ2v) is 8.99. The van der Waals surface area contributed by atoms with E-state index in [9.17, 15) is 8.42 Å². The number of nitrogens with zero attached hydrogens (tertiary/aromatic N) is 2. The van der Waals surface area contributed by atoms with Gasteiger partial charge in [0.15, 0.2) is 15.8 Å². The Morgan fingerprint density at radius 3 is 2.78 bits per heavy atom. The molecule has 2 rings (SSSR count). The summed E-state index contributed by atoms with van der Waals surface area (Å²) in [5, 5.41) is 6.70. The van der Waals surface area contributed by atoms with Crippen LogP contribution in [0.2, 0.25) is 0 Å². The van der Waals surface area contributed by atoms with Gasteiger partial charge in [-0.25, -0.2) is 8.42 Å². The molecule has 1 aliphatic heterocycles. The molecule has 1 aromatic carbocycles. The SMILES string of the molecule is CN=C(NCc1ccc(S(C)(=O)=O)c(C)c1)NCC1CCCN1CCOC.